The number of aromatic nitrogens is 1. The third-order valence-corrected chi connectivity index (χ3v) is 4.15. The molecule has 1 aliphatic rings. The van der Waals surface area contributed by atoms with Crippen LogP contribution in [0.4, 0.5) is 0 Å². The fourth-order valence-corrected chi connectivity index (χ4v) is 2.65. The molecule has 7 nitrogen and oxygen atoms in total. The molecule has 1 aliphatic heterocycles. The average Bonchev–Trinajstić information content (AvgIpc) is 2.89. The zero-order chi connectivity index (χ0) is 14.6. The Hall–Kier alpha value is -1.38. The summed E-state index contributed by atoms with van der Waals surface area (Å²) in [6, 6.07) is 1.22. The van der Waals surface area contributed by atoms with E-state index in [1.54, 1.807) is 0 Å². The number of sulfonamides is 1. The second kappa shape index (κ2) is 6.38. The highest BCUT2D eigenvalue weighted by Gasteiger charge is 2.16. The maximum absolute atomic E-state index is 11.8. The summed E-state index contributed by atoms with van der Waals surface area (Å²) in [5.41, 5.74) is 0.179. The van der Waals surface area contributed by atoms with Crippen molar-refractivity contribution in [3.8, 4) is 0 Å². The molecule has 8 heteroatoms. The summed E-state index contributed by atoms with van der Waals surface area (Å²) < 4.78 is 27.8. The van der Waals surface area contributed by atoms with Gasteiger partial charge in [0.05, 0.1) is 11.0 Å². The van der Waals surface area contributed by atoms with E-state index in [1.165, 1.54) is 12.3 Å². The summed E-state index contributed by atoms with van der Waals surface area (Å²) in [6.07, 6.45) is 5.44. The van der Waals surface area contributed by atoms with Crippen LogP contribution < -0.4 is 10.5 Å². The Bertz CT molecular complexity index is 561. The first-order valence-electron chi connectivity index (χ1n) is 6.58. The molecule has 2 rings (SSSR count). The maximum Gasteiger partial charge on any atom is 0.267 e. The highest BCUT2D eigenvalue weighted by atomic mass is 32.2. The van der Waals surface area contributed by atoms with Gasteiger partial charge in [0.25, 0.3) is 5.91 Å². The van der Waals surface area contributed by atoms with E-state index in [2.05, 4.69) is 10.3 Å². The van der Waals surface area contributed by atoms with Gasteiger partial charge in [0.2, 0.25) is 10.0 Å². The van der Waals surface area contributed by atoms with Gasteiger partial charge in [0, 0.05) is 19.3 Å². The Morgan fingerprint density at radius 2 is 2.30 bits per heavy atom. The van der Waals surface area contributed by atoms with Gasteiger partial charge in [-0.15, -0.1) is 0 Å². The van der Waals surface area contributed by atoms with E-state index >= 15 is 0 Å². The third-order valence-electron chi connectivity index (χ3n) is 3.26. The van der Waals surface area contributed by atoms with E-state index in [4.69, 9.17) is 9.88 Å². The summed E-state index contributed by atoms with van der Waals surface area (Å²) in [7, 11) is -3.78. The first kappa shape index (κ1) is 15.0. The van der Waals surface area contributed by atoms with Gasteiger partial charge >= 0.3 is 0 Å². The fraction of sp³-hybridized carbons (Fsp3) is 0.583. The van der Waals surface area contributed by atoms with Crippen LogP contribution in [0.5, 0.6) is 0 Å². The molecule has 1 fully saturated rings. The highest BCUT2D eigenvalue weighted by Crippen LogP contribution is 2.15. The molecule has 112 valence electrons. The molecular weight excluding hydrogens is 282 g/mol. The van der Waals surface area contributed by atoms with Crippen molar-refractivity contribution in [1.82, 2.24) is 10.3 Å². The molecule has 0 spiro atoms. The molecule has 2 heterocycles. The van der Waals surface area contributed by atoms with Gasteiger partial charge in [-0.3, -0.25) is 4.79 Å². The first-order chi connectivity index (χ1) is 9.47. The van der Waals surface area contributed by atoms with E-state index in [0.29, 0.717) is 6.54 Å². The van der Waals surface area contributed by atoms with Gasteiger partial charge < -0.3 is 15.0 Å². The predicted molar refractivity (Wildman–Crippen MR) is 72.7 cm³/mol. The van der Waals surface area contributed by atoms with Crippen molar-refractivity contribution >= 4 is 15.9 Å². The van der Waals surface area contributed by atoms with Crippen LogP contribution in [0.15, 0.2) is 17.2 Å². The van der Waals surface area contributed by atoms with Gasteiger partial charge in [-0.2, -0.15) is 0 Å². The Morgan fingerprint density at radius 1 is 1.50 bits per heavy atom. The number of hydrogen-bond acceptors (Lipinski definition) is 4. The lowest BCUT2D eigenvalue weighted by atomic mass is 10.1. The number of amides is 1. The molecule has 1 aromatic heterocycles. The van der Waals surface area contributed by atoms with Gasteiger partial charge in [-0.1, -0.05) is 0 Å². The normalized spacial score (nSPS) is 19.8. The number of carbonyl (C=O) groups is 1. The molecule has 0 saturated carbocycles. The average molecular weight is 301 g/mol. The van der Waals surface area contributed by atoms with E-state index in [9.17, 15) is 13.2 Å². The Labute approximate surface area is 117 Å². The number of primary sulfonamides is 1. The van der Waals surface area contributed by atoms with Gasteiger partial charge in [0.15, 0.2) is 0 Å². The van der Waals surface area contributed by atoms with Crippen molar-refractivity contribution in [3.63, 3.8) is 0 Å². The molecule has 1 atom stereocenters. The Kier molecular flexibility index (Phi) is 4.79. The SMILES string of the molecule is NS(=O)(=O)c1c[nH]c(C(=O)NCCC2CCCCO2)c1. The quantitative estimate of drug-likeness (QED) is 0.728. The lowest BCUT2D eigenvalue weighted by molar-refractivity contribution is 0.0117. The second-order valence-corrected chi connectivity index (χ2v) is 6.39. The molecule has 0 aliphatic carbocycles. The number of ether oxygens (including phenoxy) is 1. The lowest BCUT2D eigenvalue weighted by Gasteiger charge is -2.22. The van der Waals surface area contributed by atoms with Crippen LogP contribution in [0, 0.1) is 0 Å². The van der Waals surface area contributed by atoms with Gasteiger partial charge in [-0.25, -0.2) is 13.6 Å². The fourth-order valence-electron chi connectivity index (χ4n) is 2.15. The van der Waals surface area contributed by atoms with Crippen molar-refractivity contribution in [2.45, 2.75) is 36.7 Å². The second-order valence-electron chi connectivity index (χ2n) is 4.83. The maximum atomic E-state index is 11.8. The number of aromatic amines is 1. The summed E-state index contributed by atoms with van der Waals surface area (Å²) in [5.74, 6) is -0.351. The molecule has 1 unspecified atom stereocenters. The monoisotopic (exact) mass is 301 g/mol. The van der Waals surface area contributed by atoms with Crippen LogP contribution in [-0.4, -0.2) is 38.6 Å². The number of rotatable bonds is 5. The van der Waals surface area contributed by atoms with Crippen LogP contribution in [-0.2, 0) is 14.8 Å². The Balaban J connectivity index is 1.81. The molecule has 1 amide bonds. The number of H-pyrrole nitrogens is 1. The van der Waals surface area contributed by atoms with Crippen LogP contribution >= 0.6 is 0 Å². The minimum absolute atomic E-state index is 0.0988. The molecule has 1 saturated heterocycles. The standard InChI is InChI=1S/C12H19N3O4S/c13-20(17,18)10-7-11(15-8-10)12(16)14-5-4-9-3-1-2-6-19-9/h7-9,15H,1-6H2,(H,14,16)(H2,13,17,18). The predicted octanol–water partition coefficient (Wildman–Crippen LogP) is 0.351. The number of carbonyl (C=O) groups excluding carboxylic acids is 1. The largest absolute Gasteiger partial charge is 0.378 e. The minimum atomic E-state index is -3.78. The third kappa shape index (κ3) is 4.06. The van der Waals surface area contributed by atoms with E-state index in [0.717, 1.165) is 32.3 Å². The number of nitrogens with two attached hydrogens (primary N) is 1. The first-order valence-corrected chi connectivity index (χ1v) is 8.12. The van der Waals surface area contributed by atoms with Crippen LogP contribution in [0.2, 0.25) is 0 Å². The molecule has 0 bridgehead atoms. The highest BCUT2D eigenvalue weighted by molar-refractivity contribution is 7.89. The number of hydrogen-bond donors (Lipinski definition) is 3. The van der Waals surface area contributed by atoms with Crippen LogP contribution in [0.25, 0.3) is 0 Å². The van der Waals surface area contributed by atoms with Crippen LogP contribution in [0.3, 0.4) is 0 Å². The molecule has 20 heavy (non-hydrogen) atoms. The summed E-state index contributed by atoms with van der Waals surface area (Å²) in [4.78, 5) is 14.3. The molecule has 4 N–H and O–H groups in total. The summed E-state index contributed by atoms with van der Waals surface area (Å²) >= 11 is 0. The van der Waals surface area contributed by atoms with Crippen molar-refractivity contribution in [2.75, 3.05) is 13.2 Å². The molecular formula is C12H19N3O4S. The molecule has 1 aromatic rings. The summed E-state index contributed by atoms with van der Waals surface area (Å²) in [6.45, 7) is 1.28. The van der Waals surface area contributed by atoms with Gasteiger partial charge in [-0.05, 0) is 31.7 Å². The Morgan fingerprint density at radius 3 is 2.90 bits per heavy atom. The van der Waals surface area contributed by atoms with E-state index in [1.807, 2.05) is 0 Å². The number of nitrogens with one attached hydrogen (secondary N) is 2. The smallest absolute Gasteiger partial charge is 0.267 e. The zero-order valence-electron chi connectivity index (χ0n) is 11.1. The van der Waals surface area contributed by atoms with E-state index < -0.39 is 10.0 Å². The minimum Gasteiger partial charge on any atom is -0.378 e. The topological polar surface area (TPSA) is 114 Å². The molecule has 0 radical (unpaired) electrons. The lowest BCUT2D eigenvalue weighted by Crippen LogP contribution is -2.29. The van der Waals surface area contributed by atoms with E-state index in [-0.39, 0.29) is 22.6 Å². The van der Waals surface area contributed by atoms with Crippen molar-refractivity contribution in [1.29, 1.82) is 0 Å². The summed E-state index contributed by atoms with van der Waals surface area (Å²) in [5, 5.41) is 7.70. The van der Waals surface area contributed by atoms with Crippen molar-refractivity contribution < 1.29 is 17.9 Å². The zero-order valence-corrected chi connectivity index (χ0v) is 11.9. The van der Waals surface area contributed by atoms with Crippen molar-refractivity contribution in [3.05, 3.63) is 18.0 Å². The van der Waals surface area contributed by atoms with Crippen molar-refractivity contribution in [2.24, 2.45) is 5.14 Å². The molecule has 0 aromatic carbocycles. The van der Waals surface area contributed by atoms with Gasteiger partial charge in [0.1, 0.15) is 5.69 Å². The van der Waals surface area contributed by atoms with Crippen LogP contribution in [0.1, 0.15) is 36.2 Å².